The third-order valence-corrected chi connectivity index (χ3v) is 4.19. The maximum atomic E-state index is 11.9. The molecule has 5 nitrogen and oxygen atoms in total. The van der Waals surface area contributed by atoms with Crippen LogP contribution in [0, 0.1) is 23.7 Å². The van der Waals surface area contributed by atoms with Crippen molar-refractivity contribution in [2.45, 2.75) is 40.7 Å². The molecule has 1 atom stereocenters. The van der Waals surface area contributed by atoms with Crippen LogP contribution in [0.1, 0.15) is 38.8 Å². The summed E-state index contributed by atoms with van der Waals surface area (Å²) in [6, 6.07) is 7.33. The molecule has 2 aromatic carbocycles. The summed E-state index contributed by atoms with van der Waals surface area (Å²) in [5, 5.41) is 15.1. The van der Waals surface area contributed by atoms with Crippen LogP contribution in [0.15, 0.2) is 27.8 Å². The molecule has 0 saturated heterocycles. The molecule has 0 aromatic heterocycles. The molecule has 120 valence electrons. The minimum Gasteiger partial charge on any atom is -0.377 e. The van der Waals surface area contributed by atoms with E-state index >= 15 is 0 Å². The SMILES string of the molecule is Cc1cc(Nc2c(N[C@H](C)C(C)(C)C)c(=O)c2=O)ccc1C#N. The molecule has 0 amide bonds. The van der Waals surface area contributed by atoms with E-state index in [0.29, 0.717) is 16.9 Å². The van der Waals surface area contributed by atoms with Crippen molar-refractivity contribution < 1.29 is 0 Å². The van der Waals surface area contributed by atoms with Crippen LogP contribution < -0.4 is 21.5 Å². The van der Waals surface area contributed by atoms with Crippen molar-refractivity contribution in [3.8, 4) is 6.07 Å². The molecule has 0 bridgehead atoms. The van der Waals surface area contributed by atoms with Gasteiger partial charge in [-0.25, -0.2) is 0 Å². The Hall–Kier alpha value is -2.61. The van der Waals surface area contributed by atoms with Gasteiger partial charge in [0.15, 0.2) is 0 Å². The molecule has 0 radical (unpaired) electrons. The summed E-state index contributed by atoms with van der Waals surface area (Å²) < 4.78 is 0. The van der Waals surface area contributed by atoms with Gasteiger partial charge in [0, 0.05) is 11.7 Å². The monoisotopic (exact) mass is 311 g/mol. The van der Waals surface area contributed by atoms with Crippen molar-refractivity contribution in [3.05, 3.63) is 49.8 Å². The van der Waals surface area contributed by atoms with Crippen LogP contribution in [0.2, 0.25) is 0 Å². The van der Waals surface area contributed by atoms with Gasteiger partial charge in [-0.1, -0.05) is 20.8 Å². The third kappa shape index (κ3) is 3.26. The normalized spacial score (nSPS) is 12.7. The van der Waals surface area contributed by atoms with E-state index in [1.54, 1.807) is 18.2 Å². The second kappa shape index (κ2) is 5.88. The van der Waals surface area contributed by atoms with Gasteiger partial charge in [-0.2, -0.15) is 5.26 Å². The van der Waals surface area contributed by atoms with Crippen LogP contribution in [0.25, 0.3) is 0 Å². The number of hydrogen-bond acceptors (Lipinski definition) is 5. The van der Waals surface area contributed by atoms with Gasteiger partial charge in [0.05, 0.1) is 11.6 Å². The zero-order valence-electron chi connectivity index (χ0n) is 14.1. The zero-order chi connectivity index (χ0) is 17.4. The highest BCUT2D eigenvalue weighted by Gasteiger charge is 2.26. The molecule has 0 unspecified atom stereocenters. The molecule has 0 saturated carbocycles. The summed E-state index contributed by atoms with van der Waals surface area (Å²) in [4.78, 5) is 23.7. The average molecular weight is 311 g/mol. The predicted molar refractivity (Wildman–Crippen MR) is 93.1 cm³/mol. The van der Waals surface area contributed by atoms with Crippen LogP contribution in [0.5, 0.6) is 0 Å². The standard InChI is InChI=1S/C18H21N3O2/c1-10-8-13(7-6-12(10)9-19)21-15-14(16(22)17(15)23)20-11(2)18(3,4)5/h6-8,11,20-21H,1-5H3/t11-/m1/s1. The fourth-order valence-corrected chi connectivity index (χ4v) is 2.09. The lowest BCUT2D eigenvalue weighted by molar-refractivity contribution is 0.359. The first-order chi connectivity index (χ1) is 10.6. The van der Waals surface area contributed by atoms with Crippen LogP contribution in [-0.4, -0.2) is 6.04 Å². The maximum Gasteiger partial charge on any atom is 0.253 e. The molecule has 0 aliphatic heterocycles. The van der Waals surface area contributed by atoms with Gasteiger partial charge < -0.3 is 10.6 Å². The van der Waals surface area contributed by atoms with Crippen LogP contribution >= 0.6 is 0 Å². The number of hydrogen-bond donors (Lipinski definition) is 2. The van der Waals surface area contributed by atoms with E-state index in [2.05, 4.69) is 37.5 Å². The minimum atomic E-state index is -0.518. The number of nitrogens with zero attached hydrogens (tertiary/aromatic N) is 1. The van der Waals surface area contributed by atoms with E-state index in [4.69, 9.17) is 5.26 Å². The number of nitrogens with one attached hydrogen (secondary N) is 2. The Balaban J connectivity index is 2.27. The minimum absolute atomic E-state index is 0.0362. The van der Waals surface area contributed by atoms with E-state index in [1.165, 1.54) is 0 Å². The highest BCUT2D eigenvalue weighted by molar-refractivity contribution is 5.79. The molecule has 2 N–H and O–H groups in total. The fourth-order valence-electron chi connectivity index (χ4n) is 2.09. The molecular weight excluding hydrogens is 290 g/mol. The first-order valence-electron chi connectivity index (χ1n) is 7.52. The number of benzene rings is 1. The molecule has 0 heterocycles. The molecule has 0 fully saturated rings. The zero-order valence-corrected chi connectivity index (χ0v) is 14.1. The van der Waals surface area contributed by atoms with Crippen molar-refractivity contribution >= 4 is 17.1 Å². The molecular formula is C18H21N3O2. The lowest BCUT2D eigenvalue weighted by Crippen LogP contribution is -2.41. The molecule has 0 aliphatic rings. The average Bonchev–Trinajstić information content (AvgIpc) is 2.49. The molecule has 0 aliphatic carbocycles. The number of aryl methyl sites for hydroxylation is 1. The molecule has 2 rings (SSSR count). The summed E-state index contributed by atoms with van der Waals surface area (Å²) in [5.41, 5.74) is 1.65. The lowest BCUT2D eigenvalue weighted by Gasteiger charge is -2.30. The largest absolute Gasteiger partial charge is 0.377 e. The highest BCUT2D eigenvalue weighted by atomic mass is 16.2. The Morgan fingerprint density at radius 2 is 1.74 bits per heavy atom. The second-order valence-corrected chi connectivity index (χ2v) is 6.91. The van der Waals surface area contributed by atoms with Gasteiger partial charge in [-0.05, 0) is 43.0 Å². The Bertz CT molecular complexity index is 847. The van der Waals surface area contributed by atoms with E-state index in [0.717, 1.165) is 5.56 Å². The van der Waals surface area contributed by atoms with Crippen molar-refractivity contribution in [2.24, 2.45) is 5.41 Å². The second-order valence-electron chi connectivity index (χ2n) is 6.91. The Morgan fingerprint density at radius 1 is 1.13 bits per heavy atom. The number of nitriles is 1. The molecule has 0 spiro atoms. The van der Waals surface area contributed by atoms with Crippen molar-refractivity contribution in [1.82, 2.24) is 0 Å². The van der Waals surface area contributed by atoms with Gasteiger partial charge >= 0.3 is 0 Å². The fraction of sp³-hybridized carbons (Fsp3) is 0.389. The molecule has 2 aromatic rings. The summed E-state index contributed by atoms with van der Waals surface area (Å²) >= 11 is 0. The summed E-state index contributed by atoms with van der Waals surface area (Å²) in [7, 11) is 0. The van der Waals surface area contributed by atoms with E-state index in [-0.39, 0.29) is 17.1 Å². The maximum absolute atomic E-state index is 11.9. The van der Waals surface area contributed by atoms with Crippen LogP contribution in [0.4, 0.5) is 17.1 Å². The Morgan fingerprint density at radius 3 is 2.26 bits per heavy atom. The van der Waals surface area contributed by atoms with Crippen LogP contribution in [0.3, 0.4) is 0 Å². The first kappa shape index (κ1) is 16.8. The number of rotatable bonds is 4. The number of anilines is 3. The van der Waals surface area contributed by atoms with Crippen molar-refractivity contribution in [1.29, 1.82) is 5.26 Å². The van der Waals surface area contributed by atoms with E-state index in [9.17, 15) is 9.59 Å². The van der Waals surface area contributed by atoms with E-state index in [1.807, 2.05) is 13.8 Å². The van der Waals surface area contributed by atoms with Gasteiger partial charge in [-0.3, -0.25) is 9.59 Å². The van der Waals surface area contributed by atoms with Gasteiger partial charge in [-0.15, -0.1) is 0 Å². The van der Waals surface area contributed by atoms with Crippen molar-refractivity contribution in [2.75, 3.05) is 10.6 Å². The molecule has 23 heavy (non-hydrogen) atoms. The quantitative estimate of drug-likeness (QED) is 0.848. The molecule has 5 heteroatoms. The predicted octanol–water partition coefficient (Wildman–Crippen LogP) is 3.05. The van der Waals surface area contributed by atoms with Crippen molar-refractivity contribution in [3.63, 3.8) is 0 Å². The smallest absolute Gasteiger partial charge is 0.253 e. The first-order valence-corrected chi connectivity index (χ1v) is 7.52. The van der Waals surface area contributed by atoms with Gasteiger partial charge in [0.25, 0.3) is 10.9 Å². The Labute approximate surface area is 135 Å². The Kier molecular flexibility index (Phi) is 4.28. The summed E-state index contributed by atoms with van der Waals surface area (Å²) in [6.07, 6.45) is 0. The lowest BCUT2D eigenvalue weighted by atomic mass is 9.87. The van der Waals surface area contributed by atoms with E-state index < -0.39 is 10.9 Å². The third-order valence-electron chi connectivity index (χ3n) is 4.19. The topological polar surface area (TPSA) is 82.0 Å². The summed E-state index contributed by atoms with van der Waals surface area (Å²) in [5.74, 6) is 0. The van der Waals surface area contributed by atoms with Gasteiger partial charge in [0.2, 0.25) is 0 Å². The van der Waals surface area contributed by atoms with Crippen LogP contribution in [-0.2, 0) is 0 Å². The van der Waals surface area contributed by atoms with Gasteiger partial charge in [0.1, 0.15) is 11.4 Å². The highest BCUT2D eigenvalue weighted by Crippen LogP contribution is 2.27. The summed E-state index contributed by atoms with van der Waals surface area (Å²) in [6.45, 7) is 9.99.